The largest absolute Gasteiger partial charge is 0.308 e. The van der Waals surface area contributed by atoms with Crippen molar-refractivity contribution in [3.05, 3.63) is 41.7 Å². The highest BCUT2D eigenvalue weighted by Gasteiger charge is 2.10. The number of hydrazine groups is 1. The molecule has 2 rings (SSSR count). The van der Waals surface area contributed by atoms with Gasteiger partial charge in [-0.25, -0.2) is 15.8 Å². The Morgan fingerprint density at radius 1 is 1.22 bits per heavy atom. The monoisotopic (exact) mass is 260 g/mol. The molecule has 0 aliphatic carbocycles. The quantitative estimate of drug-likeness (QED) is 0.503. The summed E-state index contributed by atoms with van der Waals surface area (Å²) in [5.74, 6) is 6.16. The average Bonchev–Trinajstić information content (AvgIpc) is 2.41. The van der Waals surface area contributed by atoms with Gasteiger partial charge in [0.25, 0.3) is 0 Å². The first kappa shape index (κ1) is 12.9. The zero-order valence-electron chi connectivity index (χ0n) is 10.5. The molecular formula is C13H16N4S. The number of aryl methyl sites for hydroxylation is 1. The Morgan fingerprint density at radius 3 is 2.56 bits per heavy atom. The number of nitrogen functional groups attached to an aromatic ring is 1. The van der Waals surface area contributed by atoms with Crippen LogP contribution in [0, 0.1) is 6.92 Å². The van der Waals surface area contributed by atoms with Crippen molar-refractivity contribution in [2.75, 3.05) is 5.43 Å². The topological polar surface area (TPSA) is 63.8 Å². The normalized spacial score (nSPS) is 10.4. The van der Waals surface area contributed by atoms with E-state index in [1.165, 1.54) is 11.9 Å². The van der Waals surface area contributed by atoms with Crippen LogP contribution in [-0.4, -0.2) is 9.97 Å². The predicted octanol–water partition coefficient (Wildman–Crippen LogP) is 2.78. The van der Waals surface area contributed by atoms with Crippen LogP contribution in [0.15, 0.2) is 40.5 Å². The SMILES string of the molecule is CCc1c(NN)ncnc1Sc1ccc(C)cc1. The van der Waals surface area contributed by atoms with E-state index in [1.54, 1.807) is 11.8 Å². The van der Waals surface area contributed by atoms with Crippen molar-refractivity contribution in [1.82, 2.24) is 9.97 Å². The van der Waals surface area contributed by atoms with Crippen LogP contribution in [0.5, 0.6) is 0 Å². The Labute approximate surface area is 111 Å². The molecule has 0 spiro atoms. The van der Waals surface area contributed by atoms with Gasteiger partial charge in [-0.3, -0.25) is 0 Å². The first-order valence-electron chi connectivity index (χ1n) is 5.79. The van der Waals surface area contributed by atoms with Gasteiger partial charge in [0.2, 0.25) is 0 Å². The molecule has 4 nitrogen and oxygen atoms in total. The molecule has 0 aliphatic heterocycles. The molecule has 18 heavy (non-hydrogen) atoms. The smallest absolute Gasteiger partial charge is 0.147 e. The van der Waals surface area contributed by atoms with E-state index < -0.39 is 0 Å². The second-order valence-corrected chi connectivity index (χ2v) is 4.98. The van der Waals surface area contributed by atoms with Gasteiger partial charge >= 0.3 is 0 Å². The molecule has 0 unspecified atom stereocenters. The fourth-order valence-electron chi connectivity index (χ4n) is 1.65. The van der Waals surface area contributed by atoms with Crippen molar-refractivity contribution in [2.45, 2.75) is 30.2 Å². The van der Waals surface area contributed by atoms with Crippen molar-refractivity contribution in [2.24, 2.45) is 5.84 Å². The van der Waals surface area contributed by atoms with E-state index in [-0.39, 0.29) is 0 Å². The van der Waals surface area contributed by atoms with E-state index in [0.717, 1.165) is 21.9 Å². The van der Waals surface area contributed by atoms with Crippen molar-refractivity contribution in [1.29, 1.82) is 0 Å². The summed E-state index contributed by atoms with van der Waals surface area (Å²) in [4.78, 5) is 9.62. The van der Waals surface area contributed by atoms with Crippen molar-refractivity contribution in [3.63, 3.8) is 0 Å². The Bertz CT molecular complexity index is 525. The maximum absolute atomic E-state index is 5.46. The van der Waals surface area contributed by atoms with Gasteiger partial charge in [-0.1, -0.05) is 36.4 Å². The number of anilines is 1. The van der Waals surface area contributed by atoms with Gasteiger partial charge in [-0.15, -0.1) is 0 Å². The first-order valence-corrected chi connectivity index (χ1v) is 6.61. The lowest BCUT2D eigenvalue weighted by Gasteiger charge is -2.10. The van der Waals surface area contributed by atoms with Crippen molar-refractivity contribution >= 4 is 17.6 Å². The molecular weight excluding hydrogens is 244 g/mol. The van der Waals surface area contributed by atoms with E-state index in [0.29, 0.717) is 5.82 Å². The molecule has 0 amide bonds. The number of hydrogen-bond donors (Lipinski definition) is 2. The second kappa shape index (κ2) is 5.84. The average molecular weight is 260 g/mol. The fourth-order valence-corrected chi connectivity index (χ4v) is 2.60. The van der Waals surface area contributed by atoms with Crippen LogP contribution >= 0.6 is 11.8 Å². The van der Waals surface area contributed by atoms with Gasteiger partial charge in [0.05, 0.1) is 0 Å². The second-order valence-electron chi connectivity index (χ2n) is 3.92. The van der Waals surface area contributed by atoms with Gasteiger partial charge in [0.1, 0.15) is 17.2 Å². The molecule has 0 fully saturated rings. The third kappa shape index (κ3) is 2.80. The number of aromatic nitrogens is 2. The van der Waals surface area contributed by atoms with E-state index in [2.05, 4.69) is 53.5 Å². The predicted molar refractivity (Wildman–Crippen MR) is 74.5 cm³/mol. The first-order chi connectivity index (χ1) is 8.74. The van der Waals surface area contributed by atoms with Crippen LogP contribution in [0.3, 0.4) is 0 Å². The van der Waals surface area contributed by atoms with Gasteiger partial charge < -0.3 is 5.43 Å². The molecule has 5 heteroatoms. The molecule has 0 radical (unpaired) electrons. The summed E-state index contributed by atoms with van der Waals surface area (Å²) in [6, 6.07) is 8.38. The molecule has 3 N–H and O–H groups in total. The molecule has 1 heterocycles. The van der Waals surface area contributed by atoms with Crippen LogP contribution in [0.2, 0.25) is 0 Å². The van der Waals surface area contributed by atoms with Crippen LogP contribution < -0.4 is 11.3 Å². The molecule has 2 aromatic rings. The fraction of sp³-hybridized carbons (Fsp3) is 0.231. The number of nitrogens with zero attached hydrogens (tertiary/aromatic N) is 2. The highest BCUT2D eigenvalue weighted by Crippen LogP contribution is 2.31. The number of nitrogens with one attached hydrogen (secondary N) is 1. The van der Waals surface area contributed by atoms with Crippen LogP contribution in [0.25, 0.3) is 0 Å². The van der Waals surface area contributed by atoms with Crippen LogP contribution in [0.1, 0.15) is 18.1 Å². The number of hydrogen-bond acceptors (Lipinski definition) is 5. The third-order valence-electron chi connectivity index (χ3n) is 2.63. The minimum absolute atomic E-state index is 0.696. The van der Waals surface area contributed by atoms with Gasteiger partial charge in [-0.05, 0) is 25.5 Å². The van der Waals surface area contributed by atoms with Crippen LogP contribution in [-0.2, 0) is 6.42 Å². The summed E-state index contributed by atoms with van der Waals surface area (Å²) in [5, 5.41) is 0.948. The minimum Gasteiger partial charge on any atom is -0.308 e. The number of nitrogens with two attached hydrogens (primary N) is 1. The summed E-state index contributed by atoms with van der Waals surface area (Å²) in [5.41, 5.74) is 4.92. The number of rotatable bonds is 4. The van der Waals surface area contributed by atoms with E-state index >= 15 is 0 Å². The molecule has 94 valence electrons. The van der Waals surface area contributed by atoms with E-state index in [9.17, 15) is 0 Å². The highest BCUT2D eigenvalue weighted by molar-refractivity contribution is 7.99. The lowest BCUT2D eigenvalue weighted by atomic mass is 10.2. The lowest BCUT2D eigenvalue weighted by Crippen LogP contribution is -2.12. The molecule has 0 saturated carbocycles. The van der Waals surface area contributed by atoms with Crippen molar-refractivity contribution < 1.29 is 0 Å². The maximum Gasteiger partial charge on any atom is 0.147 e. The van der Waals surface area contributed by atoms with Gasteiger partial charge in [0, 0.05) is 10.5 Å². The van der Waals surface area contributed by atoms with Gasteiger partial charge in [0.15, 0.2) is 0 Å². The minimum atomic E-state index is 0.696. The Morgan fingerprint density at radius 2 is 1.94 bits per heavy atom. The summed E-state index contributed by atoms with van der Waals surface area (Å²) in [6.07, 6.45) is 2.37. The van der Waals surface area contributed by atoms with Crippen LogP contribution in [0.4, 0.5) is 5.82 Å². The van der Waals surface area contributed by atoms with Crippen molar-refractivity contribution in [3.8, 4) is 0 Å². The Hall–Kier alpha value is -1.59. The van der Waals surface area contributed by atoms with Gasteiger partial charge in [-0.2, -0.15) is 0 Å². The zero-order valence-corrected chi connectivity index (χ0v) is 11.3. The van der Waals surface area contributed by atoms with E-state index in [1.807, 2.05) is 0 Å². The molecule has 1 aromatic carbocycles. The summed E-state index contributed by atoms with van der Waals surface area (Å²) >= 11 is 1.63. The van der Waals surface area contributed by atoms with E-state index in [4.69, 9.17) is 5.84 Å². The zero-order chi connectivity index (χ0) is 13.0. The molecule has 0 atom stereocenters. The standard InChI is InChI=1S/C13H16N4S/c1-3-11-12(17-14)15-8-16-13(11)18-10-6-4-9(2)5-7-10/h4-8H,3,14H2,1-2H3,(H,15,16,17). The lowest BCUT2D eigenvalue weighted by molar-refractivity contribution is 0.941. The summed E-state index contributed by atoms with van der Waals surface area (Å²) in [7, 11) is 0. The molecule has 0 bridgehead atoms. The molecule has 0 saturated heterocycles. The maximum atomic E-state index is 5.46. The Balaban J connectivity index is 2.31. The molecule has 0 aliphatic rings. The Kier molecular flexibility index (Phi) is 4.17. The third-order valence-corrected chi connectivity index (χ3v) is 3.68. The summed E-state index contributed by atoms with van der Waals surface area (Å²) < 4.78 is 0. The molecule has 1 aromatic heterocycles. The highest BCUT2D eigenvalue weighted by atomic mass is 32.2. The number of benzene rings is 1. The summed E-state index contributed by atoms with van der Waals surface area (Å²) in [6.45, 7) is 4.14.